The number of carbonyl (C=O) groups excluding carboxylic acids is 1. The molecule has 0 unspecified atom stereocenters. The fourth-order valence-corrected chi connectivity index (χ4v) is 4.38. The van der Waals surface area contributed by atoms with Gasteiger partial charge in [-0.3, -0.25) is 4.79 Å². The summed E-state index contributed by atoms with van der Waals surface area (Å²) < 4.78 is 13.0. The molecule has 1 aromatic heterocycles. The van der Waals surface area contributed by atoms with Crippen LogP contribution in [0.4, 0.5) is 0 Å². The second-order valence-corrected chi connectivity index (χ2v) is 8.82. The Morgan fingerprint density at radius 2 is 1.91 bits per heavy atom. The van der Waals surface area contributed by atoms with Crippen LogP contribution >= 0.6 is 11.8 Å². The Bertz CT molecular complexity index is 1330. The third-order valence-corrected chi connectivity index (χ3v) is 6.28. The van der Waals surface area contributed by atoms with Gasteiger partial charge in [-0.2, -0.15) is 5.10 Å². The van der Waals surface area contributed by atoms with Crippen molar-refractivity contribution in [2.24, 2.45) is 5.10 Å². The molecule has 0 aliphatic heterocycles. The molecule has 180 valence electrons. The first-order valence-electron chi connectivity index (χ1n) is 11.3. The first-order valence-corrected chi connectivity index (χ1v) is 12.3. The van der Waals surface area contributed by atoms with Gasteiger partial charge >= 0.3 is 0 Å². The topological polar surface area (TPSA) is 77.7 Å². The molecule has 0 atom stereocenters. The minimum atomic E-state index is -0.210. The summed E-state index contributed by atoms with van der Waals surface area (Å²) in [7, 11) is 1.59. The number of hydrogen-bond donors (Lipinski definition) is 1. The average Bonchev–Trinajstić information content (AvgIpc) is 3.22. The van der Waals surface area contributed by atoms with Crippen molar-refractivity contribution in [2.75, 3.05) is 19.5 Å². The summed E-state index contributed by atoms with van der Waals surface area (Å²) >= 11 is 1.39. The average molecular weight is 489 g/mol. The van der Waals surface area contributed by atoms with Gasteiger partial charge < -0.3 is 14.0 Å². The molecule has 35 heavy (non-hydrogen) atoms. The van der Waals surface area contributed by atoms with E-state index in [1.54, 1.807) is 13.3 Å². The van der Waals surface area contributed by atoms with Crippen molar-refractivity contribution in [2.45, 2.75) is 25.5 Å². The molecule has 1 heterocycles. The number of fused-ring (bicyclic) bond motifs is 1. The van der Waals surface area contributed by atoms with Crippen molar-refractivity contribution in [3.05, 3.63) is 83.4 Å². The van der Waals surface area contributed by atoms with Crippen molar-refractivity contribution in [3.8, 4) is 11.5 Å². The van der Waals surface area contributed by atoms with E-state index in [1.807, 2.05) is 43.3 Å². The standard InChI is InChI=1S/C27H28N4O3S/c1-4-34-24-14-13-21(15-25(24)33-3)16-28-30-26(32)18-35-27-29-22-7-5-6-8-23(22)31(27)17-20-11-9-19(2)10-12-20/h5-16H,4,17-18H2,1-3H3,(H,30,32)/b28-16-. The molecule has 3 aromatic carbocycles. The summed E-state index contributed by atoms with van der Waals surface area (Å²) in [6, 6.07) is 21.9. The number of para-hydroxylation sites is 2. The van der Waals surface area contributed by atoms with Gasteiger partial charge in [0.1, 0.15) is 0 Å². The van der Waals surface area contributed by atoms with Crippen LogP contribution in [0.5, 0.6) is 11.5 Å². The molecule has 7 nitrogen and oxygen atoms in total. The van der Waals surface area contributed by atoms with Crippen LogP contribution in [-0.4, -0.2) is 41.1 Å². The zero-order valence-corrected chi connectivity index (χ0v) is 20.8. The normalized spacial score (nSPS) is 11.2. The van der Waals surface area contributed by atoms with Crippen molar-refractivity contribution in [3.63, 3.8) is 0 Å². The Morgan fingerprint density at radius 1 is 1.11 bits per heavy atom. The van der Waals surface area contributed by atoms with Gasteiger partial charge in [0, 0.05) is 0 Å². The van der Waals surface area contributed by atoms with Gasteiger partial charge in [-0.15, -0.1) is 0 Å². The number of ether oxygens (including phenoxy) is 2. The first kappa shape index (κ1) is 24.3. The maximum Gasteiger partial charge on any atom is 0.250 e. The minimum absolute atomic E-state index is 0.196. The van der Waals surface area contributed by atoms with Crippen molar-refractivity contribution < 1.29 is 14.3 Å². The van der Waals surface area contributed by atoms with Crippen molar-refractivity contribution >= 4 is 34.9 Å². The van der Waals surface area contributed by atoms with Gasteiger partial charge in [-0.25, -0.2) is 10.4 Å². The summed E-state index contributed by atoms with van der Waals surface area (Å²) in [5.41, 5.74) is 7.73. The number of nitrogens with zero attached hydrogens (tertiary/aromatic N) is 3. The predicted octanol–water partition coefficient (Wildman–Crippen LogP) is 5.04. The SMILES string of the molecule is CCOc1ccc(/C=N\NC(=O)CSc2nc3ccccc3n2Cc2ccc(C)cc2)cc1OC. The fourth-order valence-electron chi connectivity index (χ4n) is 3.57. The Morgan fingerprint density at radius 3 is 2.69 bits per heavy atom. The lowest BCUT2D eigenvalue weighted by atomic mass is 10.1. The molecule has 0 fully saturated rings. The highest BCUT2D eigenvalue weighted by Gasteiger charge is 2.13. The molecule has 4 rings (SSSR count). The number of methoxy groups -OCH3 is 1. The number of hydrogen-bond acceptors (Lipinski definition) is 6. The largest absolute Gasteiger partial charge is 0.493 e. The van der Waals surface area contributed by atoms with Crippen LogP contribution < -0.4 is 14.9 Å². The lowest BCUT2D eigenvalue weighted by Gasteiger charge is -2.09. The Kier molecular flexibility index (Phi) is 8.05. The zero-order valence-electron chi connectivity index (χ0n) is 20.0. The van der Waals surface area contributed by atoms with E-state index >= 15 is 0 Å². The summed E-state index contributed by atoms with van der Waals surface area (Å²) in [6.07, 6.45) is 1.58. The first-order chi connectivity index (χ1) is 17.1. The molecule has 0 spiro atoms. The van der Waals surface area contributed by atoms with E-state index in [0.29, 0.717) is 24.7 Å². The molecule has 0 aliphatic rings. The van der Waals surface area contributed by atoms with Crippen LogP contribution in [0.1, 0.15) is 23.6 Å². The molecule has 0 saturated heterocycles. The summed E-state index contributed by atoms with van der Waals surface area (Å²) in [5, 5.41) is 4.88. The molecule has 8 heteroatoms. The maximum absolute atomic E-state index is 12.5. The minimum Gasteiger partial charge on any atom is -0.493 e. The van der Waals surface area contributed by atoms with Gasteiger partial charge in [-0.1, -0.05) is 53.7 Å². The van der Waals surface area contributed by atoms with E-state index in [-0.39, 0.29) is 11.7 Å². The highest BCUT2D eigenvalue weighted by molar-refractivity contribution is 7.99. The second kappa shape index (κ2) is 11.6. The zero-order chi connectivity index (χ0) is 24.6. The third kappa shape index (κ3) is 6.22. The number of hydrazone groups is 1. The van der Waals surface area contributed by atoms with Crippen LogP contribution in [0.2, 0.25) is 0 Å². The lowest BCUT2D eigenvalue weighted by molar-refractivity contribution is -0.118. The number of benzene rings is 3. The molecule has 4 aromatic rings. The molecular formula is C27H28N4O3S. The Balaban J connectivity index is 1.41. The van der Waals surface area contributed by atoms with Gasteiger partial charge in [-0.05, 0) is 55.3 Å². The van der Waals surface area contributed by atoms with E-state index in [9.17, 15) is 4.79 Å². The van der Waals surface area contributed by atoms with Crippen LogP contribution in [0, 0.1) is 6.92 Å². The van der Waals surface area contributed by atoms with Crippen molar-refractivity contribution in [1.29, 1.82) is 0 Å². The maximum atomic E-state index is 12.5. The van der Waals surface area contributed by atoms with Crippen LogP contribution in [0.3, 0.4) is 0 Å². The fraction of sp³-hybridized carbons (Fsp3) is 0.222. The van der Waals surface area contributed by atoms with E-state index in [4.69, 9.17) is 14.5 Å². The number of aromatic nitrogens is 2. The molecule has 0 saturated carbocycles. The van der Waals surface area contributed by atoms with Gasteiger partial charge in [0.15, 0.2) is 16.7 Å². The quantitative estimate of drug-likeness (QED) is 0.192. The van der Waals surface area contributed by atoms with Crippen LogP contribution in [-0.2, 0) is 11.3 Å². The number of carbonyl (C=O) groups is 1. The third-order valence-electron chi connectivity index (χ3n) is 5.30. The van der Waals surface area contributed by atoms with Gasteiger partial charge in [0.2, 0.25) is 0 Å². The number of thioether (sulfide) groups is 1. The summed E-state index contributed by atoms with van der Waals surface area (Å²) in [5.74, 6) is 1.27. The van der Waals surface area contributed by atoms with E-state index < -0.39 is 0 Å². The number of nitrogens with one attached hydrogen (secondary N) is 1. The molecule has 1 N–H and O–H groups in total. The molecule has 0 bridgehead atoms. The second-order valence-electron chi connectivity index (χ2n) is 7.88. The van der Waals surface area contributed by atoms with Gasteiger partial charge in [0.05, 0.1) is 43.3 Å². The van der Waals surface area contributed by atoms with E-state index in [2.05, 4.69) is 52.3 Å². The molecule has 0 aliphatic carbocycles. The Labute approximate surface area is 209 Å². The number of imidazole rings is 1. The monoisotopic (exact) mass is 488 g/mol. The predicted molar refractivity (Wildman–Crippen MR) is 141 cm³/mol. The van der Waals surface area contributed by atoms with Crippen molar-refractivity contribution in [1.82, 2.24) is 15.0 Å². The highest BCUT2D eigenvalue weighted by atomic mass is 32.2. The Hall–Kier alpha value is -3.78. The number of rotatable bonds is 10. The molecular weight excluding hydrogens is 460 g/mol. The summed E-state index contributed by atoms with van der Waals surface area (Å²) in [6.45, 7) is 5.23. The number of amides is 1. The molecule has 1 amide bonds. The lowest BCUT2D eigenvalue weighted by Crippen LogP contribution is -2.20. The van der Waals surface area contributed by atoms with E-state index in [1.165, 1.54) is 22.9 Å². The van der Waals surface area contributed by atoms with E-state index in [0.717, 1.165) is 21.8 Å². The van der Waals surface area contributed by atoms with Crippen LogP contribution in [0.25, 0.3) is 11.0 Å². The highest BCUT2D eigenvalue weighted by Crippen LogP contribution is 2.28. The smallest absolute Gasteiger partial charge is 0.250 e. The van der Waals surface area contributed by atoms with Gasteiger partial charge in [0.25, 0.3) is 5.91 Å². The summed E-state index contributed by atoms with van der Waals surface area (Å²) in [4.78, 5) is 17.2. The number of aryl methyl sites for hydroxylation is 1. The molecule has 0 radical (unpaired) electrons. The van der Waals surface area contributed by atoms with Crippen LogP contribution in [0.15, 0.2) is 77.0 Å².